The number of benzene rings is 2. The maximum Gasteiger partial charge on any atom is 0.346 e. The van der Waals surface area contributed by atoms with E-state index >= 15 is 0 Å². The molecule has 0 bridgehead atoms. The second kappa shape index (κ2) is 8.60. The number of carbonyl (C=O) groups excluding carboxylic acids is 2. The van der Waals surface area contributed by atoms with Crippen LogP contribution in [0.15, 0.2) is 36.4 Å². The first-order chi connectivity index (χ1) is 12.0. The highest BCUT2D eigenvalue weighted by molar-refractivity contribution is 6.44. The summed E-state index contributed by atoms with van der Waals surface area (Å²) in [4.78, 5) is 24.2. The van der Waals surface area contributed by atoms with Crippen molar-refractivity contribution in [2.75, 3.05) is 26.1 Å². The molecule has 0 saturated carbocycles. The third kappa shape index (κ3) is 4.55. The summed E-state index contributed by atoms with van der Waals surface area (Å²) in [5.74, 6) is -0.752. The molecule has 0 aromatic heterocycles. The van der Waals surface area contributed by atoms with E-state index in [-0.39, 0.29) is 22.1 Å². The second-order valence-electron chi connectivity index (χ2n) is 4.76. The lowest BCUT2D eigenvalue weighted by molar-refractivity contribution is -0.119. The summed E-state index contributed by atoms with van der Waals surface area (Å²) in [6, 6.07) is 9.65. The van der Waals surface area contributed by atoms with Gasteiger partial charge in [-0.05, 0) is 24.3 Å². The quantitative estimate of drug-likeness (QED) is 0.767. The smallest absolute Gasteiger partial charge is 0.346 e. The summed E-state index contributed by atoms with van der Waals surface area (Å²) in [5.41, 5.74) is 0.422. The van der Waals surface area contributed by atoms with Crippen molar-refractivity contribution >= 4 is 40.8 Å². The molecule has 0 heterocycles. The molecule has 25 heavy (non-hydrogen) atoms. The normalized spacial score (nSPS) is 10.1. The molecule has 6 nitrogen and oxygen atoms in total. The maximum atomic E-state index is 12.3. The number of hydrogen-bond acceptors (Lipinski definition) is 5. The minimum absolute atomic E-state index is 0.0982. The molecule has 1 amide bonds. The van der Waals surface area contributed by atoms with Crippen molar-refractivity contribution in [3.05, 3.63) is 52.0 Å². The molecule has 1 N–H and O–H groups in total. The Bertz CT molecular complexity index is 772. The molecule has 2 aromatic rings. The molecule has 0 aliphatic carbocycles. The fraction of sp³-hybridized carbons (Fsp3) is 0.176. The lowest BCUT2D eigenvalue weighted by atomic mass is 10.2. The highest BCUT2D eigenvalue weighted by Crippen LogP contribution is 2.30. The molecule has 0 unspecified atom stereocenters. The van der Waals surface area contributed by atoms with Crippen LogP contribution in [0.3, 0.4) is 0 Å². The fourth-order valence-corrected chi connectivity index (χ4v) is 2.39. The van der Waals surface area contributed by atoms with Gasteiger partial charge in [-0.2, -0.15) is 0 Å². The number of halogens is 2. The van der Waals surface area contributed by atoms with Gasteiger partial charge in [-0.3, -0.25) is 4.79 Å². The fourth-order valence-electron chi connectivity index (χ4n) is 2.04. The standard InChI is InChI=1S/C17H15Cl2NO5/c1-23-12-7-4-8-13(24-2)15(12)17(22)25-9-14(21)20-11-6-3-5-10(18)16(11)19/h3-8H,9H2,1-2H3,(H,20,21). The Morgan fingerprint density at radius 3 is 2.20 bits per heavy atom. The van der Waals surface area contributed by atoms with E-state index in [0.29, 0.717) is 10.7 Å². The maximum absolute atomic E-state index is 12.3. The van der Waals surface area contributed by atoms with Crippen LogP contribution in [-0.4, -0.2) is 32.7 Å². The molecular formula is C17H15Cl2NO5. The second-order valence-corrected chi connectivity index (χ2v) is 5.55. The van der Waals surface area contributed by atoms with Gasteiger partial charge in [0.05, 0.1) is 30.0 Å². The number of anilines is 1. The van der Waals surface area contributed by atoms with Gasteiger partial charge in [0.2, 0.25) is 0 Å². The average Bonchev–Trinajstić information content (AvgIpc) is 2.62. The molecule has 2 aromatic carbocycles. The van der Waals surface area contributed by atoms with E-state index in [2.05, 4.69) is 5.32 Å². The van der Waals surface area contributed by atoms with Gasteiger partial charge in [-0.25, -0.2) is 4.79 Å². The lowest BCUT2D eigenvalue weighted by Gasteiger charge is -2.12. The molecule has 0 saturated heterocycles. The molecule has 2 rings (SSSR count). The Labute approximate surface area is 154 Å². The third-order valence-corrected chi connectivity index (χ3v) is 4.01. The molecule has 0 radical (unpaired) electrons. The van der Waals surface area contributed by atoms with Crippen LogP contribution in [0, 0.1) is 0 Å². The van der Waals surface area contributed by atoms with Crippen molar-refractivity contribution in [2.24, 2.45) is 0 Å². The first-order valence-electron chi connectivity index (χ1n) is 7.10. The van der Waals surface area contributed by atoms with Crippen LogP contribution >= 0.6 is 23.2 Å². The van der Waals surface area contributed by atoms with Crippen molar-refractivity contribution < 1.29 is 23.8 Å². The van der Waals surface area contributed by atoms with Crippen LogP contribution in [0.1, 0.15) is 10.4 Å². The minimum atomic E-state index is -0.748. The molecular weight excluding hydrogens is 369 g/mol. The summed E-state index contributed by atoms with van der Waals surface area (Å²) in [5, 5.41) is 3.03. The number of methoxy groups -OCH3 is 2. The Hall–Kier alpha value is -2.44. The number of carbonyl (C=O) groups is 2. The van der Waals surface area contributed by atoms with E-state index in [1.54, 1.807) is 36.4 Å². The Morgan fingerprint density at radius 1 is 1.00 bits per heavy atom. The lowest BCUT2D eigenvalue weighted by Crippen LogP contribution is -2.21. The van der Waals surface area contributed by atoms with Crippen LogP contribution in [0.5, 0.6) is 11.5 Å². The van der Waals surface area contributed by atoms with Crippen LogP contribution in [0.2, 0.25) is 10.0 Å². The van der Waals surface area contributed by atoms with E-state index in [4.69, 9.17) is 37.4 Å². The van der Waals surface area contributed by atoms with E-state index < -0.39 is 18.5 Å². The van der Waals surface area contributed by atoms with Crippen molar-refractivity contribution in [3.63, 3.8) is 0 Å². The van der Waals surface area contributed by atoms with Crippen molar-refractivity contribution in [1.29, 1.82) is 0 Å². The Kier molecular flexibility index (Phi) is 6.50. The zero-order chi connectivity index (χ0) is 18.4. The van der Waals surface area contributed by atoms with Gasteiger partial charge in [0, 0.05) is 0 Å². The van der Waals surface area contributed by atoms with Crippen molar-refractivity contribution in [2.45, 2.75) is 0 Å². The minimum Gasteiger partial charge on any atom is -0.496 e. The van der Waals surface area contributed by atoms with Gasteiger partial charge >= 0.3 is 5.97 Å². The van der Waals surface area contributed by atoms with E-state index in [0.717, 1.165) is 0 Å². The van der Waals surface area contributed by atoms with Crippen LogP contribution in [0.25, 0.3) is 0 Å². The number of nitrogens with one attached hydrogen (secondary N) is 1. The molecule has 0 aliphatic rings. The van der Waals surface area contributed by atoms with Gasteiger partial charge in [-0.15, -0.1) is 0 Å². The van der Waals surface area contributed by atoms with Gasteiger partial charge in [0.1, 0.15) is 17.1 Å². The van der Waals surface area contributed by atoms with E-state index in [1.165, 1.54) is 14.2 Å². The Balaban J connectivity index is 2.05. The number of ether oxygens (including phenoxy) is 3. The predicted octanol–water partition coefficient (Wildman–Crippen LogP) is 3.81. The average molecular weight is 384 g/mol. The van der Waals surface area contributed by atoms with Gasteiger partial charge < -0.3 is 19.5 Å². The molecule has 0 spiro atoms. The molecule has 132 valence electrons. The van der Waals surface area contributed by atoms with Crippen LogP contribution in [-0.2, 0) is 9.53 Å². The molecule has 0 fully saturated rings. The van der Waals surface area contributed by atoms with Gasteiger partial charge in [0.25, 0.3) is 5.91 Å². The van der Waals surface area contributed by atoms with Crippen LogP contribution < -0.4 is 14.8 Å². The highest BCUT2D eigenvalue weighted by atomic mass is 35.5. The molecule has 0 aliphatic heterocycles. The number of amides is 1. The van der Waals surface area contributed by atoms with Crippen molar-refractivity contribution in [1.82, 2.24) is 0 Å². The van der Waals surface area contributed by atoms with E-state index in [9.17, 15) is 9.59 Å². The number of hydrogen-bond donors (Lipinski definition) is 1. The van der Waals surface area contributed by atoms with Crippen LogP contribution in [0.4, 0.5) is 5.69 Å². The largest absolute Gasteiger partial charge is 0.496 e. The first-order valence-corrected chi connectivity index (χ1v) is 7.85. The Morgan fingerprint density at radius 2 is 1.60 bits per heavy atom. The summed E-state index contributed by atoms with van der Waals surface area (Å²) in [7, 11) is 2.83. The summed E-state index contributed by atoms with van der Waals surface area (Å²) < 4.78 is 15.3. The predicted molar refractivity (Wildman–Crippen MR) is 94.9 cm³/mol. The highest BCUT2D eigenvalue weighted by Gasteiger charge is 2.20. The monoisotopic (exact) mass is 383 g/mol. The van der Waals surface area contributed by atoms with Crippen molar-refractivity contribution in [3.8, 4) is 11.5 Å². The molecule has 8 heteroatoms. The number of rotatable bonds is 6. The summed E-state index contributed by atoms with van der Waals surface area (Å²) in [6.45, 7) is -0.511. The molecule has 0 atom stereocenters. The van der Waals surface area contributed by atoms with Gasteiger partial charge in [0.15, 0.2) is 6.61 Å². The third-order valence-electron chi connectivity index (χ3n) is 3.19. The van der Waals surface area contributed by atoms with Gasteiger partial charge in [-0.1, -0.05) is 35.3 Å². The zero-order valence-electron chi connectivity index (χ0n) is 13.5. The SMILES string of the molecule is COc1cccc(OC)c1C(=O)OCC(=O)Nc1cccc(Cl)c1Cl. The zero-order valence-corrected chi connectivity index (χ0v) is 15.0. The van der Waals surface area contributed by atoms with E-state index in [1.807, 2.05) is 0 Å². The topological polar surface area (TPSA) is 73.9 Å². The summed E-state index contributed by atoms with van der Waals surface area (Å²) in [6.07, 6.45) is 0. The number of esters is 1. The summed E-state index contributed by atoms with van der Waals surface area (Å²) >= 11 is 11.9. The first kappa shape index (κ1) is 18.9.